The third-order valence-electron chi connectivity index (χ3n) is 4.13. The Kier molecular flexibility index (Phi) is 3.72. The quantitative estimate of drug-likeness (QED) is 0.848. The molecule has 0 aromatic heterocycles. The Morgan fingerprint density at radius 1 is 1.35 bits per heavy atom. The van der Waals surface area contributed by atoms with Crippen molar-refractivity contribution in [3.8, 4) is 0 Å². The minimum absolute atomic E-state index is 0.132. The van der Waals surface area contributed by atoms with Crippen LogP contribution in [0.1, 0.15) is 37.8 Å². The molecular weight excluding hydrogens is 210 g/mol. The van der Waals surface area contributed by atoms with Gasteiger partial charge in [0.25, 0.3) is 0 Å². The van der Waals surface area contributed by atoms with Gasteiger partial charge >= 0.3 is 0 Å². The Morgan fingerprint density at radius 3 is 2.76 bits per heavy atom. The summed E-state index contributed by atoms with van der Waals surface area (Å²) in [6.07, 6.45) is 2.62. The Balaban J connectivity index is 2.27. The van der Waals surface area contributed by atoms with Gasteiger partial charge in [-0.1, -0.05) is 19.1 Å². The Morgan fingerprint density at radius 2 is 2.12 bits per heavy atom. The standard InChI is InChI=1S/C15H23NO/c1-11-5-4-8-16(13(11)3)15-7-6-14(10-17)9-12(15)2/h6-7,9,11,13,17H,4-5,8,10H2,1-3H3. The SMILES string of the molecule is Cc1cc(CO)ccc1N1CCCC(C)C1C. The molecule has 1 saturated heterocycles. The van der Waals surface area contributed by atoms with Crippen LogP contribution in [0.2, 0.25) is 0 Å². The van der Waals surface area contributed by atoms with Gasteiger partial charge in [0.2, 0.25) is 0 Å². The van der Waals surface area contributed by atoms with Crippen molar-refractivity contribution in [1.29, 1.82) is 0 Å². The maximum absolute atomic E-state index is 9.14. The highest BCUT2D eigenvalue weighted by molar-refractivity contribution is 5.55. The van der Waals surface area contributed by atoms with Crippen LogP contribution in [-0.2, 0) is 6.61 Å². The van der Waals surface area contributed by atoms with Crippen molar-refractivity contribution in [1.82, 2.24) is 0 Å². The fourth-order valence-corrected chi connectivity index (χ4v) is 2.81. The summed E-state index contributed by atoms with van der Waals surface area (Å²) in [4.78, 5) is 2.52. The molecule has 2 atom stereocenters. The van der Waals surface area contributed by atoms with Crippen molar-refractivity contribution in [3.63, 3.8) is 0 Å². The van der Waals surface area contributed by atoms with Gasteiger partial charge < -0.3 is 10.0 Å². The van der Waals surface area contributed by atoms with Crippen LogP contribution in [0.25, 0.3) is 0 Å². The van der Waals surface area contributed by atoms with Gasteiger partial charge in [-0.2, -0.15) is 0 Å². The molecule has 1 aliphatic heterocycles. The summed E-state index contributed by atoms with van der Waals surface area (Å²) in [6, 6.07) is 6.91. The zero-order valence-corrected chi connectivity index (χ0v) is 11.1. The summed E-state index contributed by atoms with van der Waals surface area (Å²) < 4.78 is 0. The lowest BCUT2D eigenvalue weighted by Crippen LogP contribution is -2.42. The fraction of sp³-hybridized carbons (Fsp3) is 0.600. The molecule has 2 nitrogen and oxygen atoms in total. The van der Waals surface area contributed by atoms with E-state index in [0.717, 1.165) is 18.0 Å². The number of piperidine rings is 1. The number of rotatable bonds is 2. The second-order valence-corrected chi connectivity index (χ2v) is 5.33. The lowest BCUT2D eigenvalue weighted by molar-refractivity contribution is 0.281. The zero-order chi connectivity index (χ0) is 12.4. The topological polar surface area (TPSA) is 23.5 Å². The lowest BCUT2D eigenvalue weighted by atomic mass is 9.91. The van der Waals surface area contributed by atoms with E-state index in [1.165, 1.54) is 24.1 Å². The molecule has 2 unspecified atom stereocenters. The van der Waals surface area contributed by atoms with Crippen molar-refractivity contribution in [2.45, 2.75) is 46.3 Å². The van der Waals surface area contributed by atoms with Gasteiger partial charge in [0.15, 0.2) is 0 Å². The second-order valence-electron chi connectivity index (χ2n) is 5.33. The molecule has 2 heteroatoms. The third kappa shape index (κ3) is 2.47. The first-order valence-electron chi connectivity index (χ1n) is 6.60. The van der Waals surface area contributed by atoms with Gasteiger partial charge in [-0.25, -0.2) is 0 Å². The van der Waals surface area contributed by atoms with E-state index >= 15 is 0 Å². The summed E-state index contributed by atoms with van der Waals surface area (Å²) in [7, 11) is 0. The van der Waals surface area contributed by atoms with Crippen LogP contribution in [-0.4, -0.2) is 17.7 Å². The summed E-state index contributed by atoms with van der Waals surface area (Å²) in [5, 5.41) is 9.14. The highest BCUT2D eigenvalue weighted by atomic mass is 16.3. The van der Waals surface area contributed by atoms with Gasteiger partial charge in [0.05, 0.1) is 6.61 Å². The van der Waals surface area contributed by atoms with Crippen molar-refractivity contribution in [2.24, 2.45) is 5.92 Å². The first-order valence-corrected chi connectivity index (χ1v) is 6.60. The monoisotopic (exact) mass is 233 g/mol. The molecular formula is C15H23NO. The van der Waals surface area contributed by atoms with E-state index in [-0.39, 0.29) is 6.61 Å². The number of anilines is 1. The first-order chi connectivity index (χ1) is 8.13. The molecule has 17 heavy (non-hydrogen) atoms. The zero-order valence-electron chi connectivity index (χ0n) is 11.1. The highest BCUT2D eigenvalue weighted by Gasteiger charge is 2.25. The van der Waals surface area contributed by atoms with Gasteiger partial charge in [-0.15, -0.1) is 0 Å². The van der Waals surface area contributed by atoms with E-state index in [9.17, 15) is 0 Å². The van der Waals surface area contributed by atoms with Crippen LogP contribution < -0.4 is 4.90 Å². The minimum Gasteiger partial charge on any atom is -0.392 e. The molecule has 1 aliphatic rings. The van der Waals surface area contributed by atoms with Crippen LogP contribution in [0.3, 0.4) is 0 Å². The number of hydrogen-bond acceptors (Lipinski definition) is 2. The Labute approximate surface area is 104 Å². The molecule has 0 radical (unpaired) electrons. The number of aliphatic hydroxyl groups excluding tert-OH is 1. The van der Waals surface area contributed by atoms with E-state index in [1.807, 2.05) is 6.07 Å². The average Bonchev–Trinajstić information content (AvgIpc) is 2.33. The summed E-state index contributed by atoms with van der Waals surface area (Å²) in [5.41, 5.74) is 3.61. The highest BCUT2D eigenvalue weighted by Crippen LogP contribution is 2.30. The summed E-state index contributed by atoms with van der Waals surface area (Å²) in [6.45, 7) is 8.09. The third-order valence-corrected chi connectivity index (χ3v) is 4.13. The van der Waals surface area contributed by atoms with Crippen molar-refractivity contribution < 1.29 is 5.11 Å². The maximum Gasteiger partial charge on any atom is 0.0681 e. The molecule has 0 spiro atoms. The number of aliphatic hydroxyl groups is 1. The number of hydrogen-bond donors (Lipinski definition) is 1. The van der Waals surface area contributed by atoms with E-state index in [1.54, 1.807) is 0 Å². The summed E-state index contributed by atoms with van der Waals surface area (Å²) >= 11 is 0. The summed E-state index contributed by atoms with van der Waals surface area (Å²) in [5.74, 6) is 0.765. The number of aryl methyl sites for hydroxylation is 1. The van der Waals surface area contributed by atoms with Gasteiger partial charge in [0.1, 0.15) is 0 Å². The lowest BCUT2D eigenvalue weighted by Gasteiger charge is -2.40. The van der Waals surface area contributed by atoms with Crippen LogP contribution in [0.4, 0.5) is 5.69 Å². The predicted molar refractivity (Wildman–Crippen MR) is 72.3 cm³/mol. The molecule has 0 bridgehead atoms. The van der Waals surface area contributed by atoms with Gasteiger partial charge in [-0.3, -0.25) is 0 Å². The predicted octanol–water partition coefficient (Wildman–Crippen LogP) is 3.11. The Bertz CT molecular complexity index is 389. The number of benzene rings is 1. The van der Waals surface area contributed by atoms with E-state index in [0.29, 0.717) is 6.04 Å². The van der Waals surface area contributed by atoms with Crippen molar-refractivity contribution >= 4 is 5.69 Å². The minimum atomic E-state index is 0.132. The van der Waals surface area contributed by atoms with Crippen LogP contribution in [0, 0.1) is 12.8 Å². The molecule has 0 amide bonds. The Hall–Kier alpha value is -1.02. The molecule has 94 valence electrons. The molecule has 1 heterocycles. The average molecular weight is 233 g/mol. The van der Waals surface area contributed by atoms with Crippen LogP contribution in [0.5, 0.6) is 0 Å². The van der Waals surface area contributed by atoms with E-state index < -0.39 is 0 Å². The largest absolute Gasteiger partial charge is 0.392 e. The smallest absolute Gasteiger partial charge is 0.0681 e. The van der Waals surface area contributed by atoms with Crippen LogP contribution in [0.15, 0.2) is 18.2 Å². The number of nitrogens with zero attached hydrogens (tertiary/aromatic N) is 1. The fourth-order valence-electron chi connectivity index (χ4n) is 2.81. The molecule has 0 saturated carbocycles. The molecule has 2 rings (SSSR count). The van der Waals surface area contributed by atoms with E-state index in [4.69, 9.17) is 5.11 Å². The van der Waals surface area contributed by atoms with Gasteiger partial charge in [-0.05, 0) is 49.8 Å². The maximum atomic E-state index is 9.14. The van der Waals surface area contributed by atoms with Crippen molar-refractivity contribution in [2.75, 3.05) is 11.4 Å². The molecule has 1 aromatic rings. The first kappa shape index (κ1) is 12.4. The molecule has 1 N–H and O–H groups in total. The molecule has 1 aromatic carbocycles. The molecule has 1 fully saturated rings. The second kappa shape index (κ2) is 5.09. The van der Waals surface area contributed by atoms with Gasteiger partial charge in [0, 0.05) is 18.3 Å². The molecule has 0 aliphatic carbocycles. The van der Waals surface area contributed by atoms with Crippen molar-refractivity contribution in [3.05, 3.63) is 29.3 Å². The normalized spacial score (nSPS) is 25.1. The van der Waals surface area contributed by atoms with Crippen LogP contribution >= 0.6 is 0 Å². The van der Waals surface area contributed by atoms with E-state index in [2.05, 4.69) is 37.8 Å².